The number of rotatable bonds is 6. The maximum absolute atomic E-state index is 6.05. The summed E-state index contributed by atoms with van der Waals surface area (Å²) < 4.78 is 0. The van der Waals surface area contributed by atoms with Crippen LogP contribution < -0.4 is 5.73 Å². The Morgan fingerprint density at radius 2 is 1.40 bits per heavy atom. The first-order chi connectivity index (χ1) is 9.74. The van der Waals surface area contributed by atoms with Crippen LogP contribution in [0, 0.1) is 23.7 Å². The van der Waals surface area contributed by atoms with E-state index in [0.29, 0.717) is 6.04 Å². The van der Waals surface area contributed by atoms with E-state index in [1.165, 1.54) is 77.0 Å². The second kappa shape index (κ2) is 8.41. The minimum atomic E-state index is 0.515. The Morgan fingerprint density at radius 3 is 1.90 bits per heavy atom. The topological polar surface area (TPSA) is 26.0 Å². The lowest BCUT2D eigenvalue weighted by atomic mass is 9.67. The van der Waals surface area contributed by atoms with Crippen molar-refractivity contribution in [3.05, 3.63) is 0 Å². The zero-order valence-corrected chi connectivity index (χ0v) is 13.9. The van der Waals surface area contributed by atoms with Gasteiger partial charge in [0, 0.05) is 6.04 Å². The average Bonchev–Trinajstić information content (AvgIpc) is 2.49. The molecule has 0 amide bonds. The molecule has 0 saturated heterocycles. The van der Waals surface area contributed by atoms with Crippen LogP contribution in [-0.4, -0.2) is 6.04 Å². The molecular weight excluding hydrogens is 242 g/mol. The number of hydrogen-bond donors (Lipinski definition) is 1. The standard InChI is InChI=1S/C19H37N/c1-3-5-6-15(4-2)16-7-9-17(10-8-16)18-11-13-19(20)14-12-18/h15-19H,3-14,20H2,1-2H3. The van der Waals surface area contributed by atoms with E-state index in [1.54, 1.807) is 0 Å². The van der Waals surface area contributed by atoms with Gasteiger partial charge in [-0.2, -0.15) is 0 Å². The summed E-state index contributed by atoms with van der Waals surface area (Å²) in [5, 5.41) is 0. The summed E-state index contributed by atoms with van der Waals surface area (Å²) in [6.45, 7) is 4.74. The van der Waals surface area contributed by atoms with Gasteiger partial charge >= 0.3 is 0 Å². The zero-order valence-electron chi connectivity index (χ0n) is 13.9. The maximum Gasteiger partial charge on any atom is 0.00390 e. The molecule has 2 fully saturated rings. The van der Waals surface area contributed by atoms with Gasteiger partial charge in [-0.3, -0.25) is 0 Å². The van der Waals surface area contributed by atoms with Crippen LogP contribution in [0.15, 0.2) is 0 Å². The fourth-order valence-corrected chi connectivity index (χ4v) is 4.94. The van der Waals surface area contributed by atoms with Gasteiger partial charge in [-0.15, -0.1) is 0 Å². The van der Waals surface area contributed by atoms with Crippen molar-refractivity contribution in [1.29, 1.82) is 0 Å². The number of nitrogens with two attached hydrogens (primary N) is 1. The zero-order chi connectivity index (χ0) is 14.4. The monoisotopic (exact) mass is 279 g/mol. The first-order valence-corrected chi connectivity index (χ1v) is 9.50. The molecule has 2 aliphatic carbocycles. The van der Waals surface area contributed by atoms with E-state index in [1.807, 2.05) is 0 Å². The summed E-state index contributed by atoms with van der Waals surface area (Å²) in [5.41, 5.74) is 6.05. The first-order valence-electron chi connectivity index (χ1n) is 9.50. The summed E-state index contributed by atoms with van der Waals surface area (Å²) in [5.74, 6) is 4.14. The third-order valence-corrected chi connectivity index (χ3v) is 6.42. The molecule has 20 heavy (non-hydrogen) atoms. The predicted octanol–water partition coefficient (Wildman–Crippen LogP) is 5.53. The van der Waals surface area contributed by atoms with Gasteiger partial charge in [-0.1, -0.05) is 39.5 Å². The molecule has 1 atom stereocenters. The summed E-state index contributed by atoms with van der Waals surface area (Å²) in [6.07, 6.45) is 17.2. The molecule has 0 heterocycles. The minimum absolute atomic E-state index is 0.515. The normalized spacial score (nSPS) is 36.8. The van der Waals surface area contributed by atoms with Crippen molar-refractivity contribution >= 4 is 0 Å². The molecule has 0 radical (unpaired) electrons. The largest absolute Gasteiger partial charge is 0.328 e. The average molecular weight is 280 g/mol. The van der Waals surface area contributed by atoms with E-state index in [-0.39, 0.29) is 0 Å². The SMILES string of the molecule is CCCCC(CC)C1CCC(C2CCC(N)CC2)CC1. The lowest BCUT2D eigenvalue weighted by molar-refractivity contribution is 0.129. The lowest BCUT2D eigenvalue weighted by Crippen LogP contribution is -2.32. The van der Waals surface area contributed by atoms with Crippen molar-refractivity contribution in [2.45, 2.75) is 96.9 Å². The lowest BCUT2D eigenvalue weighted by Gasteiger charge is -2.39. The minimum Gasteiger partial charge on any atom is -0.328 e. The van der Waals surface area contributed by atoms with Crippen molar-refractivity contribution in [3.8, 4) is 0 Å². The Balaban J connectivity index is 1.73. The van der Waals surface area contributed by atoms with Crippen LogP contribution in [-0.2, 0) is 0 Å². The summed E-state index contributed by atoms with van der Waals surface area (Å²) >= 11 is 0. The Morgan fingerprint density at radius 1 is 0.850 bits per heavy atom. The fourth-order valence-electron chi connectivity index (χ4n) is 4.94. The molecule has 2 rings (SSSR count). The number of unbranched alkanes of at least 4 members (excludes halogenated alkanes) is 1. The van der Waals surface area contributed by atoms with Gasteiger partial charge in [-0.05, 0) is 75.0 Å². The third-order valence-electron chi connectivity index (χ3n) is 6.42. The summed E-state index contributed by atoms with van der Waals surface area (Å²) in [6, 6.07) is 0.515. The van der Waals surface area contributed by atoms with Crippen LogP contribution >= 0.6 is 0 Å². The van der Waals surface area contributed by atoms with Crippen molar-refractivity contribution < 1.29 is 0 Å². The quantitative estimate of drug-likeness (QED) is 0.680. The highest BCUT2D eigenvalue weighted by Gasteiger charge is 2.32. The molecule has 1 unspecified atom stereocenters. The van der Waals surface area contributed by atoms with Crippen LogP contribution in [0.5, 0.6) is 0 Å². The van der Waals surface area contributed by atoms with Crippen molar-refractivity contribution in [2.75, 3.05) is 0 Å². The molecule has 0 aromatic carbocycles. The third kappa shape index (κ3) is 4.48. The second-order valence-electron chi connectivity index (χ2n) is 7.66. The molecule has 2 aliphatic rings. The van der Waals surface area contributed by atoms with Gasteiger partial charge in [-0.25, -0.2) is 0 Å². The molecule has 0 aromatic rings. The van der Waals surface area contributed by atoms with E-state index in [2.05, 4.69) is 13.8 Å². The van der Waals surface area contributed by atoms with Crippen molar-refractivity contribution in [1.82, 2.24) is 0 Å². The van der Waals surface area contributed by atoms with Crippen LogP contribution in [0.1, 0.15) is 90.9 Å². The molecule has 0 spiro atoms. The Hall–Kier alpha value is -0.0400. The fraction of sp³-hybridized carbons (Fsp3) is 1.00. The van der Waals surface area contributed by atoms with Crippen LogP contribution in [0.2, 0.25) is 0 Å². The van der Waals surface area contributed by atoms with Crippen molar-refractivity contribution in [2.24, 2.45) is 29.4 Å². The van der Waals surface area contributed by atoms with Gasteiger partial charge in [0.1, 0.15) is 0 Å². The van der Waals surface area contributed by atoms with Crippen LogP contribution in [0.4, 0.5) is 0 Å². The summed E-state index contributed by atoms with van der Waals surface area (Å²) in [4.78, 5) is 0. The second-order valence-corrected chi connectivity index (χ2v) is 7.66. The van der Waals surface area contributed by atoms with Gasteiger partial charge < -0.3 is 5.73 Å². The summed E-state index contributed by atoms with van der Waals surface area (Å²) in [7, 11) is 0. The highest BCUT2D eigenvalue weighted by Crippen LogP contribution is 2.43. The first kappa shape index (κ1) is 16.3. The molecule has 0 aromatic heterocycles. The Bertz CT molecular complexity index is 234. The van der Waals surface area contributed by atoms with Crippen molar-refractivity contribution in [3.63, 3.8) is 0 Å². The van der Waals surface area contributed by atoms with E-state index in [4.69, 9.17) is 5.73 Å². The molecular formula is C19H37N. The van der Waals surface area contributed by atoms with Crippen LogP contribution in [0.25, 0.3) is 0 Å². The smallest absolute Gasteiger partial charge is 0.00390 e. The molecule has 0 aliphatic heterocycles. The highest BCUT2D eigenvalue weighted by molar-refractivity contribution is 4.84. The molecule has 2 N–H and O–H groups in total. The molecule has 2 saturated carbocycles. The van der Waals surface area contributed by atoms with Gasteiger partial charge in [0.25, 0.3) is 0 Å². The number of hydrogen-bond acceptors (Lipinski definition) is 1. The molecule has 1 nitrogen and oxygen atoms in total. The van der Waals surface area contributed by atoms with Crippen LogP contribution in [0.3, 0.4) is 0 Å². The molecule has 118 valence electrons. The molecule has 1 heteroatoms. The van der Waals surface area contributed by atoms with E-state index < -0.39 is 0 Å². The Labute approximate surface area is 127 Å². The highest BCUT2D eigenvalue weighted by atomic mass is 14.6. The van der Waals surface area contributed by atoms with E-state index >= 15 is 0 Å². The van der Waals surface area contributed by atoms with Gasteiger partial charge in [0.2, 0.25) is 0 Å². The van der Waals surface area contributed by atoms with E-state index in [0.717, 1.165) is 23.7 Å². The maximum atomic E-state index is 6.05. The van der Waals surface area contributed by atoms with Gasteiger partial charge in [0.05, 0.1) is 0 Å². The molecule has 0 bridgehead atoms. The van der Waals surface area contributed by atoms with Gasteiger partial charge in [0.15, 0.2) is 0 Å². The Kier molecular flexibility index (Phi) is 6.87. The van der Waals surface area contributed by atoms with E-state index in [9.17, 15) is 0 Å². The predicted molar refractivity (Wildman–Crippen MR) is 88.7 cm³/mol.